The minimum Gasteiger partial charge on any atom is -0.0836 e. The van der Waals surface area contributed by atoms with Crippen LogP contribution in [0.4, 0.5) is 0 Å². The molecule has 3 aliphatic carbocycles. The molecule has 0 nitrogen and oxygen atoms in total. The highest BCUT2D eigenvalue weighted by molar-refractivity contribution is 9.10. The van der Waals surface area contributed by atoms with Gasteiger partial charge in [-0.05, 0) is 63.8 Å². The standard InChI is InChI=1S/C25H23Br/c1-25(2)15-21-23(24(21)20-14-17(26)12-13-22(20)25)19-11-7-6-10-18(19)16-8-4-3-5-9-16/h3-9,11-14,18,21H,10,15H2,1-2H3. The predicted molar refractivity (Wildman–Crippen MR) is 113 cm³/mol. The Labute approximate surface area is 164 Å². The summed E-state index contributed by atoms with van der Waals surface area (Å²) in [5.41, 5.74) is 9.41. The molecule has 0 saturated carbocycles. The van der Waals surface area contributed by atoms with E-state index in [1.807, 2.05) is 0 Å². The fourth-order valence-electron chi connectivity index (χ4n) is 5.02. The van der Waals surface area contributed by atoms with E-state index in [1.165, 1.54) is 27.6 Å². The van der Waals surface area contributed by atoms with Gasteiger partial charge in [0.25, 0.3) is 0 Å². The molecule has 0 heterocycles. The summed E-state index contributed by atoms with van der Waals surface area (Å²) in [7, 11) is 0. The lowest BCUT2D eigenvalue weighted by Gasteiger charge is -2.32. The van der Waals surface area contributed by atoms with Crippen LogP contribution >= 0.6 is 15.9 Å². The smallest absolute Gasteiger partial charge is 0.0181 e. The van der Waals surface area contributed by atoms with Crippen molar-refractivity contribution < 1.29 is 0 Å². The molecule has 0 saturated heterocycles. The quantitative estimate of drug-likeness (QED) is 0.498. The van der Waals surface area contributed by atoms with Gasteiger partial charge in [0.2, 0.25) is 0 Å². The Bertz CT molecular complexity index is 972. The summed E-state index contributed by atoms with van der Waals surface area (Å²) < 4.78 is 1.18. The summed E-state index contributed by atoms with van der Waals surface area (Å²) in [6.07, 6.45) is 9.27. The van der Waals surface area contributed by atoms with E-state index in [-0.39, 0.29) is 5.41 Å². The maximum atomic E-state index is 3.69. The van der Waals surface area contributed by atoms with Crippen molar-refractivity contribution in [1.29, 1.82) is 0 Å². The van der Waals surface area contributed by atoms with E-state index in [1.54, 1.807) is 16.7 Å². The molecule has 26 heavy (non-hydrogen) atoms. The molecular formula is C25H23Br. The zero-order valence-electron chi connectivity index (χ0n) is 15.3. The molecule has 0 aromatic heterocycles. The topological polar surface area (TPSA) is 0 Å². The van der Waals surface area contributed by atoms with Gasteiger partial charge in [-0.3, -0.25) is 0 Å². The van der Waals surface area contributed by atoms with Gasteiger partial charge < -0.3 is 0 Å². The van der Waals surface area contributed by atoms with Crippen molar-refractivity contribution >= 4 is 21.5 Å². The number of allylic oxidation sites excluding steroid dienone is 6. The van der Waals surface area contributed by atoms with Gasteiger partial charge in [0.1, 0.15) is 0 Å². The first-order valence-corrected chi connectivity index (χ1v) is 10.3. The van der Waals surface area contributed by atoms with Gasteiger partial charge in [-0.15, -0.1) is 0 Å². The monoisotopic (exact) mass is 402 g/mol. The molecule has 0 amide bonds. The second-order valence-electron chi connectivity index (χ2n) is 8.41. The van der Waals surface area contributed by atoms with Crippen molar-refractivity contribution in [2.75, 3.05) is 0 Å². The lowest BCUT2D eigenvalue weighted by atomic mass is 9.72. The summed E-state index contributed by atoms with van der Waals surface area (Å²) in [5.74, 6) is 1.13. The minimum absolute atomic E-state index is 0.235. The van der Waals surface area contributed by atoms with Crippen LogP contribution in [0.1, 0.15) is 49.3 Å². The molecule has 2 unspecified atom stereocenters. The van der Waals surface area contributed by atoms with E-state index in [2.05, 4.69) is 96.5 Å². The molecule has 130 valence electrons. The average Bonchev–Trinajstić information content (AvgIpc) is 3.35. The number of rotatable bonds is 2. The number of hydrogen-bond donors (Lipinski definition) is 0. The third-order valence-electron chi connectivity index (χ3n) is 6.29. The first-order valence-electron chi connectivity index (χ1n) is 9.53. The van der Waals surface area contributed by atoms with Crippen molar-refractivity contribution in [3.63, 3.8) is 0 Å². The first kappa shape index (κ1) is 16.3. The molecule has 2 aromatic carbocycles. The van der Waals surface area contributed by atoms with Crippen LogP contribution < -0.4 is 0 Å². The van der Waals surface area contributed by atoms with Gasteiger partial charge in [0.15, 0.2) is 0 Å². The summed E-state index contributed by atoms with van der Waals surface area (Å²) in [6.45, 7) is 4.80. The lowest BCUT2D eigenvalue weighted by molar-refractivity contribution is 0.449. The minimum atomic E-state index is 0.235. The van der Waals surface area contributed by atoms with Crippen LogP contribution in [0, 0.1) is 5.92 Å². The SMILES string of the molecule is CC1(C)CC2C(C3=CC=CCC3c3ccccc3)=C2c2cc(Br)ccc21. The number of halogens is 1. The van der Waals surface area contributed by atoms with Crippen LogP contribution in [-0.4, -0.2) is 0 Å². The Balaban J connectivity index is 1.62. The van der Waals surface area contributed by atoms with Gasteiger partial charge in [-0.2, -0.15) is 0 Å². The maximum Gasteiger partial charge on any atom is 0.0181 e. The molecule has 0 aliphatic heterocycles. The predicted octanol–water partition coefficient (Wildman–Crippen LogP) is 7.18. The normalized spacial score (nSPS) is 25.4. The van der Waals surface area contributed by atoms with Gasteiger partial charge in [-0.1, -0.05) is 84.4 Å². The zero-order valence-corrected chi connectivity index (χ0v) is 16.9. The number of hydrogen-bond acceptors (Lipinski definition) is 0. The van der Waals surface area contributed by atoms with Crippen molar-refractivity contribution in [3.05, 3.63) is 99.1 Å². The van der Waals surface area contributed by atoms with Crippen molar-refractivity contribution in [3.8, 4) is 0 Å². The molecule has 0 bridgehead atoms. The van der Waals surface area contributed by atoms with Gasteiger partial charge in [0, 0.05) is 16.3 Å². The fraction of sp³-hybridized carbons (Fsp3) is 0.280. The molecule has 0 N–H and O–H groups in total. The van der Waals surface area contributed by atoms with E-state index in [4.69, 9.17) is 0 Å². The third-order valence-corrected chi connectivity index (χ3v) is 6.78. The van der Waals surface area contributed by atoms with Crippen molar-refractivity contribution in [2.24, 2.45) is 5.92 Å². The largest absolute Gasteiger partial charge is 0.0836 e. The fourth-order valence-corrected chi connectivity index (χ4v) is 5.38. The van der Waals surface area contributed by atoms with Crippen LogP contribution in [0.2, 0.25) is 0 Å². The Hall–Kier alpha value is -1.86. The zero-order chi connectivity index (χ0) is 17.9. The second-order valence-corrected chi connectivity index (χ2v) is 9.32. The van der Waals surface area contributed by atoms with E-state index in [0.29, 0.717) is 11.8 Å². The Morgan fingerprint density at radius 2 is 1.77 bits per heavy atom. The molecule has 1 heteroatoms. The van der Waals surface area contributed by atoms with Crippen LogP contribution in [0.5, 0.6) is 0 Å². The summed E-state index contributed by atoms with van der Waals surface area (Å²) in [4.78, 5) is 0. The van der Waals surface area contributed by atoms with Crippen molar-refractivity contribution in [1.82, 2.24) is 0 Å². The third kappa shape index (κ3) is 2.48. The van der Waals surface area contributed by atoms with Crippen LogP contribution in [0.15, 0.2) is 82.4 Å². The summed E-state index contributed by atoms with van der Waals surface area (Å²) in [6, 6.07) is 17.9. The molecule has 0 radical (unpaired) electrons. The Morgan fingerprint density at radius 3 is 2.58 bits per heavy atom. The van der Waals surface area contributed by atoms with Gasteiger partial charge in [-0.25, -0.2) is 0 Å². The second kappa shape index (κ2) is 5.82. The molecule has 3 aliphatic rings. The molecule has 0 fully saturated rings. The molecular weight excluding hydrogens is 380 g/mol. The molecule has 2 atom stereocenters. The van der Waals surface area contributed by atoms with Gasteiger partial charge in [0.05, 0.1) is 0 Å². The van der Waals surface area contributed by atoms with Crippen molar-refractivity contribution in [2.45, 2.75) is 38.0 Å². The average molecular weight is 403 g/mol. The Kier molecular flexibility index (Phi) is 3.66. The molecule has 0 spiro atoms. The van der Waals surface area contributed by atoms with E-state index in [9.17, 15) is 0 Å². The Morgan fingerprint density at radius 1 is 0.962 bits per heavy atom. The lowest BCUT2D eigenvalue weighted by Crippen LogP contribution is -2.23. The van der Waals surface area contributed by atoms with Gasteiger partial charge >= 0.3 is 0 Å². The van der Waals surface area contributed by atoms with Crippen LogP contribution in [0.3, 0.4) is 0 Å². The van der Waals surface area contributed by atoms with E-state index < -0.39 is 0 Å². The summed E-state index contributed by atoms with van der Waals surface area (Å²) in [5, 5.41) is 0. The molecule has 2 aromatic rings. The number of fused-ring (bicyclic) bond motifs is 3. The highest BCUT2D eigenvalue weighted by Gasteiger charge is 2.49. The van der Waals surface area contributed by atoms with E-state index in [0.717, 1.165) is 6.42 Å². The highest BCUT2D eigenvalue weighted by atomic mass is 79.9. The first-order chi connectivity index (χ1) is 12.6. The van der Waals surface area contributed by atoms with E-state index >= 15 is 0 Å². The van der Waals surface area contributed by atoms with Crippen LogP contribution in [0.25, 0.3) is 5.57 Å². The number of benzene rings is 2. The molecule has 5 rings (SSSR count). The van der Waals surface area contributed by atoms with Crippen LogP contribution in [-0.2, 0) is 5.41 Å². The summed E-state index contributed by atoms with van der Waals surface area (Å²) >= 11 is 3.69. The highest BCUT2D eigenvalue weighted by Crippen LogP contribution is 2.63. The maximum absolute atomic E-state index is 3.69.